The lowest BCUT2D eigenvalue weighted by Gasteiger charge is -1.99. The second kappa shape index (κ2) is 5.88. The molecule has 0 spiro atoms. The number of aromatic nitrogens is 2. The number of benzene rings is 2. The average Bonchev–Trinajstić information content (AvgIpc) is 2.90. The van der Waals surface area contributed by atoms with Crippen LogP contribution in [0.15, 0.2) is 48.5 Å². The Morgan fingerprint density at radius 1 is 0.950 bits per heavy atom. The van der Waals surface area contributed by atoms with Gasteiger partial charge in [0.1, 0.15) is 5.82 Å². The third kappa shape index (κ3) is 2.89. The quantitative estimate of drug-likeness (QED) is 0.744. The Morgan fingerprint density at radius 2 is 1.80 bits per heavy atom. The van der Waals surface area contributed by atoms with E-state index in [0.29, 0.717) is 6.54 Å². The minimum Gasteiger partial charge on any atom is -0.342 e. The van der Waals surface area contributed by atoms with Gasteiger partial charge in [-0.25, -0.2) is 4.98 Å². The number of fused-ring (bicyclic) bond motifs is 1. The number of nitrogens with one attached hydrogen (secondary N) is 1. The first-order valence-corrected chi connectivity index (χ1v) is 7.06. The summed E-state index contributed by atoms with van der Waals surface area (Å²) in [4.78, 5) is 8.01. The molecule has 3 rings (SSSR count). The molecule has 2 aromatic carbocycles. The number of rotatable bonds is 5. The fraction of sp³-hybridized carbons (Fsp3) is 0.235. The van der Waals surface area contributed by atoms with Crippen LogP contribution in [0, 0.1) is 0 Å². The summed E-state index contributed by atoms with van der Waals surface area (Å²) in [5.41, 5.74) is 10.3. The van der Waals surface area contributed by atoms with E-state index in [2.05, 4.69) is 46.4 Å². The van der Waals surface area contributed by atoms with E-state index in [4.69, 9.17) is 5.73 Å². The molecule has 3 heteroatoms. The monoisotopic (exact) mass is 265 g/mol. The largest absolute Gasteiger partial charge is 0.342 e. The molecule has 0 saturated carbocycles. The van der Waals surface area contributed by atoms with Crippen molar-refractivity contribution in [3.8, 4) is 0 Å². The lowest BCUT2D eigenvalue weighted by molar-refractivity contribution is 0.786. The van der Waals surface area contributed by atoms with E-state index in [1.165, 1.54) is 5.56 Å². The fourth-order valence-corrected chi connectivity index (χ4v) is 2.46. The van der Waals surface area contributed by atoms with Crippen LogP contribution in [-0.4, -0.2) is 9.97 Å². The third-order valence-electron chi connectivity index (χ3n) is 3.55. The Morgan fingerprint density at radius 3 is 2.60 bits per heavy atom. The molecule has 3 aromatic rings. The van der Waals surface area contributed by atoms with Crippen LogP contribution >= 0.6 is 0 Å². The van der Waals surface area contributed by atoms with Crippen LogP contribution in [0.4, 0.5) is 0 Å². The number of imidazole rings is 1. The van der Waals surface area contributed by atoms with Gasteiger partial charge in [-0.15, -0.1) is 0 Å². The number of hydrogen-bond donors (Lipinski definition) is 2. The standard InChI is InChI=1S/C17H19N3/c18-12-14-9-10-15-16(11-14)20-17(19-15)8-4-7-13-5-2-1-3-6-13/h1-3,5-6,9-11H,4,7-8,12,18H2,(H,19,20). The maximum atomic E-state index is 5.66. The van der Waals surface area contributed by atoms with Crippen molar-refractivity contribution in [2.75, 3.05) is 0 Å². The van der Waals surface area contributed by atoms with Crippen molar-refractivity contribution < 1.29 is 0 Å². The highest BCUT2D eigenvalue weighted by molar-refractivity contribution is 5.75. The van der Waals surface area contributed by atoms with Crippen molar-refractivity contribution in [1.82, 2.24) is 9.97 Å². The van der Waals surface area contributed by atoms with Crippen LogP contribution in [0.1, 0.15) is 23.4 Å². The SMILES string of the molecule is NCc1ccc2nc(CCCc3ccccc3)[nH]c2c1. The van der Waals surface area contributed by atoms with Crippen LogP contribution in [0.5, 0.6) is 0 Å². The number of aromatic amines is 1. The maximum Gasteiger partial charge on any atom is 0.107 e. The number of nitrogens with zero attached hydrogens (tertiary/aromatic N) is 1. The maximum absolute atomic E-state index is 5.66. The first kappa shape index (κ1) is 12.9. The molecular formula is C17H19N3. The summed E-state index contributed by atoms with van der Waals surface area (Å²) >= 11 is 0. The molecule has 0 atom stereocenters. The average molecular weight is 265 g/mol. The molecule has 3 nitrogen and oxygen atoms in total. The smallest absolute Gasteiger partial charge is 0.107 e. The molecule has 0 radical (unpaired) electrons. The number of H-pyrrole nitrogens is 1. The van der Waals surface area contributed by atoms with Crippen molar-refractivity contribution in [1.29, 1.82) is 0 Å². The van der Waals surface area contributed by atoms with Crippen LogP contribution < -0.4 is 5.73 Å². The molecule has 0 bridgehead atoms. The zero-order chi connectivity index (χ0) is 13.8. The predicted molar refractivity (Wildman–Crippen MR) is 82.5 cm³/mol. The number of nitrogens with two attached hydrogens (primary N) is 1. The van der Waals surface area contributed by atoms with Gasteiger partial charge in [0.2, 0.25) is 0 Å². The topological polar surface area (TPSA) is 54.7 Å². The Bertz CT molecular complexity index is 686. The van der Waals surface area contributed by atoms with Crippen molar-refractivity contribution in [3.63, 3.8) is 0 Å². The molecule has 3 N–H and O–H groups in total. The zero-order valence-corrected chi connectivity index (χ0v) is 11.5. The Labute approximate surface area is 118 Å². The molecular weight excluding hydrogens is 246 g/mol. The van der Waals surface area contributed by atoms with Gasteiger partial charge in [0, 0.05) is 13.0 Å². The van der Waals surface area contributed by atoms with Crippen LogP contribution in [0.25, 0.3) is 11.0 Å². The van der Waals surface area contributed by atoms with Crippen molar-refractivity contribution in [3.05, 3.63) is 65.5 Å². The molecule has 102 valence electrons. The zero-order valence-electron chi connectivity index (χ0n) is 11.5. The minimum atomic E-state index is 0.568. The van der Waals surface area contributed by atoms with Gasteiger partial charge in [-0.1, -0.05) is 36.4 Å². The van der Waals surface area contributed by atoms with E-state index < -0.39 is 0 Å². The Kier molecular flexibility index (Phi) is 3.79. The first-order valence-electron chi connectivity index (χ1n) is 7.06. The second-order valence-corrected chi connectivity index (χ2v) is 5.08. The Balaban J connectivity index is 1.66. The van der Waals surface area contributed by atoms with Gasteiger partial charge >= 0.3 is 0 Å². The second-order valence-electron chi connectivity index (χ2n) is 5.08. The fourth-order valence-electron chi connectivity index (χ4n) is 2.46. The molecule has 0 unspecified atom stereocenters. The van der Waals surface area contributed by atoms with E-state index in [1.54, 1.807) is 0 Å². The van der Waals surface area contributed by atoms with Gasteiger partial charge in [-0.2, -0.15) is 0 Å². The highest BCUT2D eigenvalue weighted by atomic mass is 14.9. The van der Waals surface area contributed by atoms with E-state index >= 15 is 0 Å². The molecule has 1 heterocycles. The predicted octanol–water partition coefficient (Wildman–Crippen LogP) is 3.20. The van der Waals surface area contributed by atoms with Crippen LogP contribution in [-0.2, 0) is 19.4 Å². The van der Waals surface area contributed by atoms with E-state index in [9.17, 15) is 0 Å². The molecule has 0 aliphatic carbocycles. The van der Waals surface area contributed by atoms with Crippen molar-refractivity contribution in [2.45, 2.75) is 25.8 Å². The molecule has 0 fully saturated rings. The lowest BCUT2D eigenvalue weighted by Crippen LogP contribution is -1.95. The molecule has 0 aliphatic heterocycles. The van der Waals surface area contributed by atoms with Gasteiger partial charge in [0.15, 0.2) is 0 Å². The highest BCUT2D eigenvalue weighted by Gasteiger charge is 2.03. The lowest BCUT2D eigenvalue weighted by atomic mass is 10.1. The highest BCUT2D eigenvalue weighted by Crippen LogP contribution is 2.15. The third-order valence-corrected chi connectivity index (χ3v) is 3.55. The van der Waals surface area contributed by atoms with Gasteiger partial charge in [0.05, 0.1) is 11.0 Å². The van der Waals surface area contributed by atoms with Crippen molar-refractivity contribution >= 4 is 11.0 Å². The number of hydrogen-bond acceptors (Lipinski definition) is 2. The van der Waals surface area contributed by atoms with E-state index in [1.807, 2.05) is 12.1 Å². The van der Waals surface area contributed by atoms with E-state index in [0.717, 1.165) is 41.7 Å². The minimum absolute atomic E-state index is 0.568. The summed E-state index contributed by atoms with van der Waals surface area (Å²) in [6.45, 7) is 0.568. The summed E-state index contributed by atoms with van der Waals surface area (Å²) in [7, 11) is 0. The van der Waals surface area contributed by atoms with Gasteiger partial charge < -0.3 is 10.7 Å². The summed E-state index contributed by atoms with van der Waals surface area (Å²) in [5.74, 6) is 1.06. The molecule has 1 aromatic heterocycles. The summed E-state index contributed by atoms with van der Waals surface area (Å²) < 4.78 is 0. The van der Waals surface area contributed by atoms with Gasteiger partial charge in [-0.3, -0.25) is 0 Å². The normalized spacial score (nSPS) is 11.1. The van der Waals surface area contributed by atoms with Crippen molar-refractivity contribution in [2.24, 2.45) is 5.73 Å². The van der Waals surface area contributed by atoms with Gasteiger partial charge in [0.25, 0.3) is 0 Å². The molecule has 0 amide bonds. The summed E-state index contributed by atoms with van der Waals surface area (Å²) in [5, 5.41) is 0. The van der Waals surface area contributed by atoms with Gasteiger partial charge in [-0.05, 0) is 36.1 Å². The molecule has 0 aliphatic rings. The summed E-state index contributed by atoms with van der Waals surface area (Å²) in [6.07, 6.45) is 3.17. The van der Waals surface area contributed by atoms with Crippen LogP contribution in [0.3, 0.4) is 0 Å². The Hall–Kier alpha value is -2.13. The molecule has 20 heavy (non-hydrogen) atoms. The summed E-state index contributed by atoms with van der Waals surface area (Å²) in [6, 6.07) is 16.7. The number of aryl methyl sites for hydroxylation is 2. The molecule has 0 saturated heterocycles. The first-order chi connectivity index (χ1) is 9.85. The van der Waals surface area contributed by atoms with E-state index in [-0.39, 0.29) is 0 Å². The van der Waals surface area contributed by atoms with Crippen LogP contribution in [0.2, 0.25) is 0 Å².